The van der Waals surface area contributed by atoms with E-state index in [1.165, 1.54) is 26.0 Å². The molecule has 2 rings (SSSR count). The van der Waals surface area contributed by atoms with Gasteiger partial charge >= 0.3 is 23.9 Å². The molecule has 0 aliphatic carbocycles. The molecule has 8 nitrogen and oxygen atoms in total. The fraction of sp³-hybridized carbons (Fsp3) is 0.467. The van der Waals surface area contributed by atoms with E-state index in [2.05, 4.69) is 13.8 Å². The third-order valence-electron chi connectivity index (χ3n) is 5.79. The smallest absolute Gasteiger partial charge is 0.338 e. The first kappa shape index (κ1) is 30.5. The molecule has 38 heavy (non-hydrogen) atoms. The molecule has 0 fully saturated rings. The Labute approximate surface area is 224 Å². The molecule has 0 aliphatic rings. The largest absolute Gasteiger partial charge is 0.462 e. The number of aryl methyl sites for hydroxylation is 2. The second-order valence-electron chi connectivity index (χ2n) is 9.20. The summed E-state index contributed by atoms with van der Waals surface area (Å²) in [5.41, 5.74) is 2.39. The Hall–Kier alpha value is -3.68. The summed E-state index contributed by atoms with van der Waals surface area (Å²) in [5.74, 6) is -1.87. The number of rotatable bonds is 13. The number of ether oxygens (including phenoxy) is 4. The molecule has 0 radical (unpaired) electrons. The number of hydrogen-bond acceptors (Lipinski definition) is 8. The Balaban J connectivity index is 2.70. The SMILES string of the molecule is CCCCCOC(=O)c1cc(OC(C)=O)cc(C)c1-c1c(C)cc(OC(C)=O)cc1C(=O)OCCCCC. The minimum atomic E-state index is -0.598. The topological polar surface area (TPSA) is 105 Å². The van der Waals surface area contributed by atoms with Crippen molar-refractivity contribution in [2.75, 3.05) is 13.2 Å². The van der Waals surface area contributed by atoms with E-state index in [0.29, 0.717) is 35.1 Å². The predicted octanol–water partition coefficient (Wildman–Crippen LogP) is 6.52. The first-order valence-electron chi connectivity index (χ1n) is 13.1. The van der Waals surface area contributed by atoms with Gasteiger partial charge in [0.05, 0.1) is 24.3 Å². The van der Waals surface area contributed by atoms with Crippen LogP contribution in [0, 0.1) is 13.8 Å². The van der Waals surface area contributed by atoms with E-state index in [9.17, 15) is 19.2 Å². The van der Waals surface area contributed by atoms with Gasteiger partial charge in [-0.25, -0.2) is 9.59 Å². The quantitative estimate of drug-likeness (QED) is 0.165. The molecular weight excluding hydrogens is 488 g/mol. The molecule has 0 amide bonds. The van der Waals surface area contributed by atoms with Crippen molar-refractivity contribution in [3.05, 3.63) is 46.5 Å². The lowest BCUT2D eigenvalue weighted by Crippen LogP contribution is -2.14. The monoisotopic (exact) mass is 526 g/mol. The van der Waals surface area contributed by atoms with Crippen molar-refractivity contribution >= 4 is 23.9 Å². The molecule has 8 heteroatoms. The molecule has 2 aromatic carbocycles. The maximum atomic E-state index is 13.3. The van der Waals surface area contributed by atoms with E-state index < -0.39 is 23.9 Å². The zero-order valence-corrected chi connectivity index (χ0v) is 23.2. The molecule has 2 aromatic rings. The highest BCUT2D eigenvalue weighted by Crippen LogP contribution is 2.38. The van der Waals surface area contributed by atoms with Crippen LogP contribution in [0.4, 0.5) is 0 Å². The van der Waals surface area contributed by atoms with Gasteiger partial charge < -0.3 is 18.9 Å². The van der Waals surface area contributed by atoms with Crippen molar-refractivity contribution in [1.82, 2.24) is 0 Å². The Kier molecular flexibility index (Phi) is 12.0. The number of unbranched alkanes of at least 4 members (excludes halogenated alkanes) is 4. The molecule has 0 heterocycles. The van der Waals surface area contributed by atoms with Crippen LogP contribution in [0.25, 0.3) is 11.1 Å². The summed E-state index contributed by atoms with van der Waals surface area (Å²) >= 11 is 0. The Morgan fingerprint density at radius 2 is 0.974 bits per heavy atom. The maximum Gasteiger partial charge on any atom is 0.338 e. The average Bonchev–Trinajstić information content (AvgIpc) is 2.83. The van der Waals surface area contributed by atoms with Crippen LogP contribution < -0.4 is 9.47 Å². The zero-order chi connectivity index (χ0) is 28.2. The standard InChI is InChI=1S/C30H38O8/c1-7-9-11-13-35-29(33)25-17-23(37-21(5)31)15-19(3)27(25)28-20(4)16-24(38-22(6)32)18-26(28)30(34)36-14-12-10-8-2/h15-18H,7-14H2,1-6H3. The Morgan fingerprint density at radius 1 is 0.605 bits per heavy atom. The summed E-state index contributed by atoms with van der Waals surface area (Å²) < 4.78 is 21.6. The van der Waals surface area contributed by atoms with Gasteiger partial charge in [-0.1, -0.05) is 39.5 Å². The van der Waals surface area contributed by atoms with Crippen molar-refractivity contribution < 1.29 is 38.1 Å². The first-order valence-corrected chi connectivity index (χ1v) is 13.1. The van der Waals surface area contributed by atoms with Gasteiger partial charge in [-0.15, -0.1) is 0 Å². The van der Waals surface area contributed by atoms with Crippen LogP contribution in [0.5, 0.6) is 11.5 Å². The number of benzene rings is 2. The fourth-order valence-corrected chi connectivity index (χ4v) is 4.13. The first-order chi connectivity index (χ1) is 18.1. The summed E-state index contributed by atoms with van der Waals surface area (Å²) in [6.07, 6.45) is 5.20. The molecule has 0 bridgehead atoms. The summed E-state index contributed by atoms with van der Waals surface area (Å²) in [6, 6.07) is 6.14. The van der Waals surface area contributed by atoms with E-state index in [1.807, 2.05) is 0 Å². The number of carbonyl (C=O) groups excluding carboxylic acids is 4. The second-order valence-corrected chi connectivity index (χ2v) is 9.20. The molecule has 0 aliphatic heterocycles. The summed E-state index contributed by atoms with van der Waals surface area (Å²) in [6.45, 7) is 10.6. The van der Waals surface area contributed by atoms with Crippen molar-refractivity contribution in [2.45, 2.75) is 80.1 Å². The molecular formula is C30H38O8. The van der Waals surface area contributed by atoms with Gasteiger partial charge in [0.15, 0.2) is 0 Å². The Morgan fingerprint density at radius 3 is 1.29 bits per heavy atom. The number of esters is 4. The van der Waals surface area contributed by atoms with Crippen LogP contribution in [-0.2, 0) is 19.1 Å². The van der Waals surface area contributed by atoms with E-state index in [4.69, 9.17) is 18.9 Å². The highest BCUT2D eigenvalue weighted by molar-refractivity contribution is 6.05. The molecule has 0 spiro atoms. The Bertz CT molecular complexity index is 1070. The fourth-order valence-electron chi connectivity index (χ4n) is 4.13. The van der Waals surface area contributed by atoms with Gasteiger partial charge in [0, 0.05) is 25.0 Å². The van der Waals surface area contributed by atoms with Gasteiger partial charge in [0.25, 0.3) is 0 Å². The van der Waals surface area contributed by atoms with Crippen LogP contribution >= 0.6 is 0 Å². The van der Waals surface area contributed by atoms with Gasteiger partial charge in [0.2, 0.25) is 0 Å². The normalized spacial score (nSPS) is 10.6. The third-order valence-corrected chi connectivity index (χ3v) is 5.79. The van der Waals surface area contributed by atoms with Gasteiger partial charge in [0.1, 0.15) is 11.5 Å². The molecule has 0 aromatic heterocycles. The molecule has 0 saturated heterocycles. The van der Waals surface area contributed by atoms with Crippen molar-refractivity contribution in [3.63, 3.8) is 0 Å². The molecule has 0 N–H and O–H groups in total. The maximum absolute atomic E-state index is 13.3. The summed E-state index contributed by atoms with van der Waals surface area (Å²) in [7, 11) is 0. The average molecular weight is 527 g/mol. The minimum absolute atomic E-state index is 0.154. The van der Waals surface area contributed by atoms with Crippen LogP contribution in [0.2, 0.25) is 0 Å². The van der Waals surface area contributed by atoms with Crippen molar-refractivity contribution in [2.24, 2.45) is 0 Å². The minimum Gasteiger partial charge on any atom is -0.462 e. The lowest BCUT2D eigenvalue weighted by atomic mass is 9.88. The molecule has 206 valence electrons. The van der Waals surface area contributed by atoms with Gasteiger partial charge in [-0.2, -0.15) is 0 Å². The summed E-state index contributed by atoms with van der Waals surface area (Å²) in [5, 5.41) is 0. The predicted molar refractivity (Wildman–Crippen MR) is 144 cm³/mol. The second kappa shape index (κ2) is 14.9. The summed E-state index contributed by atoms with van der Waals surface area (Å²) in [4.78, 5) is 49.9. The van der Waals surface area contributed by atoms with Gasteiger partial charge in [-0.05, 0) is 62.1 Å². The van der Waals surface area contributed by atoms with Crippen LogP contribution in [0.1, 0.15) is 98.1 Å². The van der Waals surface area contributed by atoms with E-state index >= 15 is 0 Å². The lowest BCUT2D eigenvalue weighted by Gasteiger charge is -2.20. The molecule has 0 atom stereocenters. The third kappa shape index (κ3) is 8.71. The van der Waals surface area contributed by atoms with Crippen molar-refractivity contribution in [1.29, 1.82) is 0 Å². The van der Waals surface area contributed by atoms with E-state index in [0.717, 1.165) is 25.7 Å². The molecule has 0 saturated carbocycles. The number of carbonyl (C=O) groups is 4. The lowest BCUT2D eigenvalue weighted by molar-refractivity contribution is -0.132. The van der Waals surface area contributed by atoms with E-state index in [1.54, 1.807) is 26.0 Å². The number of hydrogen-bond donors (Lipinski definition) is 0. The highest BCUT2D eigenvalue weighted by atomic mass is 16.5. The van der Waals surface area contributed by atoms with Crippen LogP contribution in [0.15, 0.2) is 24.3 Å². The zero-order valence-electron chi connectivity index (χ0n) is 23.2. The van der Waals surface area contributed by atoms with E-state index in [-0.39, 0.29) is 35.8 Å². The van der Waals surface area contributed by atoms with Crippen LogP contribution in [-0.4, -0.2) is 37.1 Å². The molecule has 0 unspecified atom stereocenters. The van der Waals surface area contributed by atoms with Gasteiger partial charge in [-0.3, -0.25) is 9.59 Å². The highest BCUT2D eigenvalue weighted by Gasteiger charge is 2.26. The van der Waals surface area contributed by atoms with Crippen LogP contribution in [0.3, 0.4) is 0 Å². The van der Waals surface area contributed by atoms with Crippen molar-refractivity contribution in [3.8, 4) is 22.6 Å².